The van der Waals surface area contributed by atoms with Crippen LogP contribution in [0.25, 0.3) is 0 Å². The maximum Gasteiger partial charge on any atom is 0.313 e. The Bertz CT molecular complexity index is 783. The predicted octanol–water partition coefficient (Wildman–Crippen LogP) is 0.794. The first kappa shape index (κ1) is 20.3. The van der Waals surface area contributed by atoms with E-state index in [4.69, 9.17) is 16.3 Å². The molecule has 2 heterocycles. The van der Waals surface area contributed by atoms with Crippen LogP contribution in [0.2, 0.25) is 5.02 Å². The fourth-order valence-corrected chi connectivity index (χ4v) is 5.72. The second-order valence-corrected chi connectivity index (χ2v) is 9.17. The Morgan fingerprint density at radius 3 is 2.56 bits per heavy atom. The highest BCUT2D eigenvalue weighted by Crippen LogP contribution is 2.27. The number of benzene rings is 1. The summed E-state index contributed by atoms with van der Waals surface area (Å²) in [6.07, 6.45) is 0.612. The minimum atomic E-state index is -3.72. The number of nitrogens with one attached hydrogen (secondary N) is 2. The highest BCUT2D eigenvalue weighted by Gasteiger charge is 2.49. The number of carbonyl (C=O) groups excluding carboxylic acids is 1. The number of carbonyl (C=O) groups is 1. The normalized spacial score (nSPS) is 26.9. The molecule has 0 aromatic heterocycles. The third kappa shape index (κ3) is 4.07. The Balaban J connectivity index is 1.72. The summed E-state index contributed by atoms with van der Waals surface area (Å²) in [5, 5.41) is -0.386. The number of hydrazine groups is 1. The van der Waals surface area contributed by atoms with Gasteiger partial charge < -0.3 is 9.64 Å². The molecule has 150 valence electrons. The predicted molar refractivity (Wildman–Crippen MR) is 104 cm³/mol. The van der Waals surface area contributed by atoms with Gasteiger partial charge in [0, 0.05) is 42.9 Å². The molecule has 2 aliphatic rings. The monoisotopic (exact) mass is 416 g/mol. The van der Waals surface area contributed by atoms with Crippen molar-refractivity contribution in [3.8, 4) is 0 Å². The SMILES string of the molecule is CCC1NNC(S(=O)(=O)N2CCN(c3cccc(Cl)c3)CC2)C1C(=O)OC. The zero-order chi connectivity index (χ0) is 19.6. The molecule has 0 radical (unpaired) electrons. The van der Waals surface area contributed by atoms with Gasteiger partial charge in [0.1, 0.15) is 5.92 Å². The Labute approximate surface area is 164 Å². The molecule has 10 heteroatoms. The average molecular weight is 417 g/mol. The number of piperazine rings is 1. The van der Waals surface area contributed by atoms with Gasteiger partial charge in [-0.2, -0.15) is 4.31 Å². The molecule has 1 aromatic rings. The molecule has 2 aliphatic heterocycles. The van der Waals surface area contributed by atoms with Crippen molar-refractivity contribution in [2.75, 3.05) is 38.2 Å². The number of hydrogen-bond donors (Lipinski definition) is 2. The number of methoxy groups -OCH3 is 1. The van der Waals surface area contributed by atoms with E-state index in [1.807, 2.05) is 31.2 Å². The molecule has 3 rings (SSSR count). The lowest BCUT2D eigenvalue weighted by Gasteiger charge is -2.37. The van der Waals surface area contributed by atoms with E-state index in [2.05, 4.69) is 15.8 Å². The minimum absolute atomic E-state index is 0.287. The van der Waals surface area contributed by atoms with Crippen molar-refractivity contribution in [2.45, 2.75) is 24.8 Å². The second kappa shape index (κ2) is 8.32. The van der Waals surface area contributed by atoms with Gasteiger partial charge in [-0.25, -0.2) is 13.8 Å². The van der Waals surface area contributed by atoms with Crippen molar-refractivity contribution in [1.29, 1.82) is 0 Å². The van der Waals surface area contributed by atoms with Crippen LogP contribution in [0.1, 0.15) is 13.3 Å². The Morgan fingerprint density at radius 1 is 1.26 bits per heavy atom. The van der Waals surface area contributed by atoms with Crippen LogP contribution in [0.15, 0.2) is 24.3 Å². The fourth-order valence-electron chi connectivity index (χ4n) is 3.65. The van der Waals surface area contributed by atoms with Gasteiger partial charge in [0.2, 0.25) is 10.0 Å². The third-order valence-corrected chi connectivity index (χ3v) is 7.55. The first-order valence-corrected chi connectivity index (χ1v) is 10.8. The van der Waals surface area contributed by atoms with Crippen LogP contribution in [-0.2, 0) is 19.6 Å². The second-order valence-electron chi connectivity index (χ2n) is 6.68. The molecule has 8 nitrogen and oxygen atoms in total. The van der Waals surface area contributed by atoms with Crippen LogP contribution in [0.3, 0.4) is 0 Å². The van der Waals surface area contributed by atoms with E-state index in [-0.39, 0.29) is 6.04 Å². The molecule has 1 aromatic carbocycles. The van der Waals surface area contributed by atoms with Gasteiger partial charge >= 0.3 is 5.97 Å². The lowest BCUT2D eigenvalue weighted by molar-refractivity contribution is -0.145. The molecule has 3 unspecified atom stereocenters. The molecule has 0 bridgehead atoms. The molecule has 2 saturated heterocycles. The molecule has 0 saturated carbocycles. The number of halogens is 1. The van der Waals surface area contributed by atoms with E-state index >= 15 is 0 Å². The highest BCUT2D eigenvalue weighted by atomic mass is 35.5. The Morgan fingerprint density at radius 2 is 1.96 bits per heavy atom. The summed E-state index contributed by atoms with van der Waals surface area (Å²) in [4.78, 5) is 14.3. The largest absolute Gasteiger partial charge is 0.469 e. The van der Waals surface area contributed by atoms with Gasteiger partial charge in [0.05, 0.1) is 7.11 Å². The Hall–Kier alpha value is -1.39. The molecular weight excluding hydrogens is 392 g/mol. The molecule has 0 aliphatic carbocycles. The van der Waals surface area contributed by atoms with Crippen LogP contribution in [-0.4, -0.2) is 63.4 Å². The van der Waals surface area contributed by atoms with Crippen molar-refractivity contribution in [2.24, 2.45) is 5.92 Å². The maximum absolute atomic E-state index is 13.2. The van der Waals surface area contributed by atoms with Crippen LogP contribution in [0, 0.1) is 5.92 Å². The molecule has 27 heavy (non-hydrogen) atoms. The standard InChI is InChI=1S/C17H25ClN4O4S/c1-3-14-15(17(23)26-2)16(20-19-14)27(24,25)22-9-7-21(8-10-22)13-6-4-5-12(18)11-13/h4-6,11,14-16,19-20H,3,7-10H2,1-2H3. The molecule has 0 amide bonds. The average Bonchev–Trinajstić information content (AvgIpc) is 3.12. The summed E-state index contributed by atoms with van der Waals surface area (Å²) in [6, 6.07) is 7.22. The summed E-state index contributed by atoms with van der Waals surface area (Å²) in [7, 11) is -2.44. The topological polar surface area (TPSA) is 91.0 Å². The van der Waals surface area contributed by atoms with Gasteiger partial charge in [-0.3, -0.25) is 10.2 Å². The zero-order valence-electron chi connectivity index (χ0n) is 15.4. The van der Waals surface area contributed by atoms with Crippen molar-refractivity contribution >= 4 is 33.3 Å². The number of rotatable bonds is 5. The van der Waals surface area contributed by atoms with E-state index in [0.717, 1.165) is 5.69 Å². The van der Waals surface area contributed by atoms with Crippen LogP contribution in [0.4, 0.5) is 5.69 Å². The maximum atomic E-state index is 13.2. The first-order chi connectivity index (χ1) is 12.9. The zero-order valence-corrected chi connectivity index (χ0v) is 17.0. The van der Waals surface area contributed by atoms with E-state index in [1.165, 1.54) is 11.4 Å². The summed E-state index contributed by atoms with van der Waals surface area (Å²) in [5.41, 5.74) is 6.70. The molecular formula is C17H25ClN4O4S. The lowest BCUT2D eigenvalue weighted by atomic mass is 10.00. The fraction of sp³-hybridized carbons (Fsp3) is 0.588. The van der Waals surface area contributed by atoms with Crippen molar-refractivity contribution in [3.63, 3.8) is 0 Å². The number of esters is 1. The smallest absolute Gasteiger partial charge is 0.313 e. The number of anilines is 1. The van der Waals surface area contributed by atoms with Crippen molar-refractivity contribution in [3.05, 3.63) is 29.3 Å². The van der Waals surface area contributed by atoms with Crippen molar-refractivity contribution in [1.82, 2.24) is 15.2 Å². The quantitative estimate of drug-likeness (QED) is 0.686. The van der Waals surface area contributed by atoms with Gasteiger partial charge in [-0.1, -0.05) is 24.6 Å². The van der Waals surface area contributed by atoms with E-state index in [1.54, 1.807) is 0 Å². The number of ether oxygens (including phenoxy) is 1. The lowest BCUT2D eigenvalue weighted by Crippen LogP contribution is -2.55. The highest BCUT2D eigenvalue weighted by molar-refractivity contribution is 7.89. The minimum Gasteiger partial charge on any atom is -0.469 e. The first-order valence-electron chi connectivity index (χ1n) is 8.97. The van der Waals surface area contributed by atoms with Gasteiger partial charge in [-0.15, -0.1) is 0 Å². The van der Waals surface area contributed by atoms with E-state index in [0.29, 0.717) is 37.6 Å². The summed E-state index contributed by atoms with van der Waals surface area (Å²) >= 11 is 6.05. The van der Waals surface area contributed by atoms with Crippen LogP contribution < -0.4 is 15.8 Å². The summed E-state index contributed by atoms with van der Waals surface area (Å²) in [6.45, 7) is 3.70. The van der Waals surface area contributed by atoms with E-state index < -0.39 is 27.3 Å². The number of nitrogens with zero attached hydrogens (tertiary/aromatic N) is 2. The summed E-state index contributed by atoms with van der Waals surface area (Å²) < 4.78 is 32.6. The van der Waals surface area contributed by atoms with Gasteiger partial charge in [0.15, 0.2) is 5.37 Å². The third-order valence-electron chi connectivity index (χ3n) is 5.18. The number of hydrogen-bond acceptors (Lipinski definition) is 7. The van der Waals surface area contributed by atoms with Crippen molar-refractivity contribution < 1.29 is 17.9 Å². The van der Waals surface area contributed by atoms with Gasteiger partial charge in [0.25, 0.3) is 0 Å². The molecule has 3 atom stereocenters. The Kier molecular flexibility index (Phi) is 6.27. The van der Waals surface area contributed by atoms with E-state index in [9.17, 15) is 13.2 Å². The molecule has 2 fully saturated rings. The van der Waals surface area contributed by atoms with Crippen LogP contribution in [0.5, 0.6) is 0 Å². The van der Waals surface area contributed by atoms with Gasteiger partial charge in [-0.05, 0) is 24.6 Å². The molecule has 2 N–H and O–H groups in total. The van der Waals surface area contributed by atoms with Crippen LogP contribution >= 0.6 is 11.6 Å². The summed E-state index contributed by atoms with van der Waals surface area (Å²) in [5.74, 6) is -1.30. The molecule has 0 spiro atoms. The number of sulfonamides is 1.